The fourth-order valence-corrected chi connectivity index (χ4v) is 3.46. The van der Waals surface area contributed by atoms with Crippen molar-refractivity contribution in [2.75, 3.05) is 7.11 Å². The zero-order valence-corrected chi connectivity index (χ0v) is 12.2. The minimum Gasteiger partial charge on any atom is -0.465 e. The second kappa shape index (κ2) is 4.59. The molecule has 0 bridgehead atoms. The minimum absolute atomic E-state index is 0.0218. The topological polar surface area (TPSA) is 80.8 Å². The van der Waals surface area contributed by atoms with Gasteiger partial charge in [0.25, 0.3) is 15.9 Å². The Labute approximate surface area is 117 Å². The van der Waals surface area contributed by atoms with E-state index in [1.807, 2.05) is 0 Å². The van der Waals surface area contributed by atoms with Crippen molar-refractivity contribution >= 4 is 21.9 Å². The number of hydrogen-bond donors (Lipinski definition) is 0. The maximum absolute atomic E-state index is 11.9. The summed E-state index contributed by atoms with van der Waals surface area (Å²) in [5.74, 6) is -0.889. The molecule has 1 aromatic carbocycles. The van der Waals surface area contributed by atoms with Crippen molar-refractivity contribution in [3.8, 4) is 0 Å². The summed E-state index contributed by atoms with van der Waals surface area (Å²) in [6.45, 7) is 2.76. The summed E-state index contributed by atoms with van der Waals surface area (Å²) in [4.78, 5) is 23.1. The van der Waals surface area contributed by atoms with E-state index < -0.39 is 26.6 Å². The molecule has 1 fully saturated rings. The molecule has 1 saturated heterocycles. The summed E-state index contributed by atoms with van der Waals surface area (Å²) in [7, 11) is -2.31. The molecular formula is C13H15NO5S. The van der Waals surface area contributed by atoms with Gasteiger partial charge in [-0.3, -0.25) is 4.79 Å². The largest absolute Gasteiger partial charge is 0.465 e. The van der Waals surface area contributed by atoms with E-state index in [-0.39, 0.29) is 6.54 Å². The molecule has 0 unspecified atom stereocenters. The van der Waals surface area contributed by atoms with Gasteiger partial charge in [0.1, 0.15) is 0 Å². The number of rotatable bonds is 3. The average Bonchev–Trinajstić information content (AvgIpc) is 2.43. The highest BCUT2D eigenvalue weighted by molar-refractivity contribution is 7.94. The van der Waals surface area contributed by atoms with Gasteiger partial charge in [0.05, 0.1) is 19.2 Å². The Morgan fingerprint density at radius 2 is 1.80 bits per heavy atom. The van der Waals surface area contributed by atoms with E-state index in [9.17, 15) is 18.0 Å². The van der Waals surface area contributed by atoms with Crippen LogP contribution in [0.15, 0.2) is 24.3 Å². The molecule has 20 heavy (non-hydrogen) atoms. The molecule has 6 nitrogen and oxygen atoms in total. The van der Waals surface area contributed by atoms with Crippen molar-refractivity contribution in [2.45, 2.75) is 25.1 Å². The standard InChI is InChI=1S/C13H15NO5S/c1-13(2)12(16)14(20(13,17)18)8-9-4-6-10(7-5-9)11(15)19-3/h4-7H,8H2,1-3H3. The lowest BCUT2D eigenvalue weighted by molar-refractivity contribution is -0.132. The summed E-state index contributed by atoms with van der Waals surface area (Å²) >= 11 is 0. The van der Waals surface area contributed by atoms with E-state index >= 15 is 0 Å². The van der Waals surface area contributed by atoms with Crippen molar-refractivity contribution in [2.24, 2.45) is 0 Å². The minimum atomic E-state index is -3.59. The van der Waals surface area contributed by atoms with Crippen LogP contribution in [0.3, 0.4) is 0 Å². The van der Waals surface area contributed by atoms with Gasteiger partial charge in [-0.05, 0) is 31.5 Å². The van der Waals surface area contributed by atoms with Crippen molar-refractivity contribution in [3.63, 3.8) is 0 Å². The molecule has 0 atom stereocenters. The molecule has 1 amide bonds. The molecule has 108 valence electrons. The number of carbonyl (C=O) groups excluding carboxylic acids is 2. The Bertz CT molecular complexity index is 661. The number of carbonyl (C=O) groups is 2. The number of sulfonamides is 1. The zero-order chi connectivity index (χ0) is 15.1. The lowest BCUT2D eigenvalue weighted by atomic mass is 10.1. The van der Waals surface area contributed by atoms with Crippen LogP contribution in [0.25, 0.3) is 0 Å². The Kier molecular flexibility index (Phi) is 3.33. The SMILES string of the molecule is COC(=O)c1ccc(CN2C(=O)C(C)(C)S2(=O)=O)cc1. The Morgan fingerprint density at radius 1 is 1.25 bits per heavy atom. The number of benzene rings is 1. The summed E-state index contributed by atoms with van der Waals surface area (Å²) in [6, 6.07) is 6.26. The number of esters is 1. The third-order valence-corrected chi connectivity index (χ3v) is 5.72. The molecule has 0 saturated carbocycles. The molecule has 0 aliphatic carbocycles. The van der Waals surface area contributed by atoms with Crippen LogP contribution < -0.4 is 0 Å². The van der Waals surface area contributed by atoms with Crippen molar-refractivity contribution in [1.29, 1.82) is 0 Å². The van der Waals surface area contributed by atoms with Gasteiger partial charge >= 0.3 is 5.97 Å². The van der Waals surface area contributed by atoms with Crippen molar-refractivity contribution in [3.05, 3.63) is 35.4 Å². The molecule has 0 aromatic heterocycles. The number of nitrogens with zero attached hydrogens (tertiary/aromatic N) is 1. The van der Waals surface area contributed by atoms with Crippen LogP contribution in [0.1, 0.15) is 29.8 Å². The molecule has 0 N–H and O–H groups in total. The fraction of sp³-hybridized carbons (Fsp3) is 0.385. The van der Waals surface area contributed by atoms with Gasteiger partial charge < -0.3 is 4.74 Å². The van der Waals surface area contributed by atoms with Gasteiger partial charge in [0.2, 0.25) is 0 Å². The monoisotopic (exact) mass is 297 g/mol. The van der Waals surface area contributed by atoms with Crippen LogP contribution in [0.4, 0.5) is 0 Å². The van der Waals surface area contributed by atoms with E-state index in [1.54, 1.807) is 12.1 Å². The first-order valence-corrected chi connectivity index (χ1v) is 7.40. The Morgan fingerprint density at radius 3 is 2.25 bits per heavy atom. The molecular weight excluding hydrogens is 282 g/mol. The summed E-state index contributed by atoms with van der Waals surface area (Å²) in [6.07, 6.45) is 0. The smallest absolute Gasteiger partial charge is 0.337 e. The normalized spacial score (nSPS) is 19.4. The van der Waals surface area contributed by atoms with E-state index in [2.05, 4.69) is 4.74 Å². The third kappa shape index (κ3) is 1.98. The molecule has 0 spiro atoms. The van der Waals surface area contributed by atoms with Crippen LogP contribution in [0, 0.1) is 0 Å². The number of methoxy groups -OCH3 is 1. The molecule has 7 heteroatoms. The Balaban J connectivity index is 2.17. The summed E-state index contributed by atoms with van der Waals surface area (Å²) < 4.78 is 27.9. The molecule has 2 rings (SSSR count). The van der Waals surface area contributed by atoms with Crippen molar-refractivity contribution < 1.29 is 22.7 Å². The Hall–Kier alpha value is -1.89. The summed E-state index contributed by atoms with van der Waals surface area (Å²) in [5.41, 5.74) is 0.999. The van der Waals surface area contributed by atoms with E-state index in [0.717, 1.165) is 4.31 Å². The second-order valence-corrected chi connectivity index (χ2v) is 7.43. The molecule has 1 aromatic rings. The highest BCUT2D eigenvalue weighted by Gasteiger charge is 2.59. The highest BCUT2D eigenvalue weighted by Crippen LogP contribution is 2.35. The predicted octanol–water partition coefficient (Wildman–Crippen LogP) is 0.924. The quantitative estimate of drug-likeness (QED) is 0.775. The summed E-state index contributed by atoms with van der Waals surface area (Å²) in [5, 5.41) is 0. The molecule has 1 aliphatic rings. The predicted molar refractivity (Wildman–Crippen MR) is 71.3 cm³/mol. The zero-order valence-electron chi connectivity index (χ0n) is 11.4. The van der Waals surface area contributed by atoms with E-state index in [1.165, 1.54) is 33.1 Å². The lowest BCUT2D eigenvalue weighted by Crippen LogP contribution is -2.66. The maximum Gasteiger partial charge on any atom is 0.337 e. The van der Waals surface area contributed by atoms with Gasteiger partial charge in [-0.1, -0.05) is 12.1 Å². The third-order valence-electron chi connectivity index (χ3n) is 3.38. The van der Waals surface area contributed by atoms with Gasteiger partial charge in [-0.15, -0.1) is 0 Å². The van der Waals surface area contributed by atoms with Crippen LogP contribution in [-0.4, -0.2) is 36.5 Å². The van der Waals surface area contributed by atoms with Crippen LogP contribution in [0.2, 0.25) is 0 Å². The van der Waals surface area contributed by atoms with Gasteiger partial charge in [-0.2, -0.15) is 0 Å². The van der Waals surface area contributed by atoms with Crippen molar-refractivity contribution in [1.82, 2.24) is 4.31 Å². The highest BCUT2D eigenvalue weighted by atomic mass is 32.2. The maximum atomic E-state index is 11.9. The van der Waals surface area contributed by atoms with E-state index in [4.69, 9.17) is 0 Å². The first-order chi connectivity index (χ1) is 9.21. The first-order valence-electron chi connectivity index (χ1n) is 5.96. The van der Waals surface area contributed by atoms with E-state index in [0.29, 0.717) is 11.1 Å². The van der Waals surface area contributed by atoms with Gasteiger partial charge in [-0.25, -0.2) is 17.5 Å². The second-order valence-electron chi connectivity index (χ2n) is 5.02. The molecule has 1 heterocycles. The van der Waals surface area contributed by atoms with Crippen LogP contribution in [-0.2, 0) is 26.1 Å². The molecule has 0 radical (unpaired) electrons. The number of hydrogen-bond acceptors (Lipinski definition) is 5. The van der Waals surface area contributed by atoms with Gasteiger partial charge in [0, 0.05) is 0 Å². The first kappa shape index (κ1) is 14.5. The van der Waals surface area contributed by atoms with Crippen LogP contribution in [0.5, 0.6) is 0 Å². The van der Waals surface area contributed by atoms with Crippen LogP contribution >= 0.6 is 0 Å². The lowest BCUT2D eigenvalue weighted by Gasteiger charge is -2.43. The van der Waals surface area contributed by atoms with Gasteiger partial charge in [0.15, 0.2) is 4.75 Å². The average molecular weight is 297 g/mol. The fourth-order valence-electron chi connectivity index (χ4n) is 1.94. The number of ether oxygens (including phenoxy) is 1. The molecule has 1 aliphatic heterocycles. The number of amides is 1.